The van der Waals surface area contributed by atoms with Gasteiger partial charge in [0.25, 0.3) is 5.91 Å². The van der Waals surface area contributed by atoms with Gasteiger partial charge in [-0.25, -0.2) is 4.68 Å². The number of carbonyl (C=O) groups is 1. The molecule has 4 aromatic rings. The summed E-state index contributed by atoms with van der Waals surface area (Å²) in [6, 6.07) is 12.5. The van der Waals surface area contributed by atoms with Crippen molar-refractivity contribution in [3.8, 4) is 23.0 Å². The molecule has 2 heterocycles. The number of hydrogen-bond donors (Lipinski definition) is 1. The van der Waals surface area contributed by atoms with Gasteiger partial charge in [0.05, 0.1) is 12.8 Å². The Morgan fingerprint density at radius 2 is 1.93 bits per heavy atom. The maximum atomic E-state index is 12.4. The fraction of sp³-hybridized carbons (Fsp3) is 0.150. The molecule has 0 bridgehead atoms. The van der Waals surface area contributed by atoms with E-state index in [1.165, 1.54) is 0 Å². The highest BCUT2D eigenvalue weighted by Crippen LogP contribution is 2.29. The lowest BCUT2D eigenvalue weighted by Crippen LogP contribution is -2.11. The summed E-state index contributed by atoms with van der Waals surface area (Å²) in [6.07, 6.45) is 0. The van der Waals surface area contributed by atoms with Crippen LogP contribution in [0.15, 0.2) is 42.5 Å². The Morgan fingerprint density at radius 1 is 1.17 bits per heavy atom. The van der Waals surface area contributed by atoms with E-state index in [0.717, 1.165) is 17.1 Å². The van der Waals surface area contributed by atoms with Gasteiger partial charge in [0, 0.05) is 22.1 Å². The normalized spacial score (nSPS) is 10.8. The number of aryl methyl sites for hydroxylation is 1. The third-order valence-electron chi connectivity index (χ3n) is 4.44. The zero-order chi connectivity index (χ0) is 21.3. The minimum atomic E-state index is -0.248. The molecule has 1 amide bonds. The molecule has 0 fully saturated rings. The first-order chi connectivity index (χ1) is 14.5. The molecule has 0 aliphatic carbocycles. The quantitative estimate of drug-likeness (QED) is 0.496. The van der Waals surface area contributed by atoms with Crippen LogP contribution >= 0.6 is 23.1 Å². The first-order valence-corrected chi connectivity index (χ1v) is 10.1. The molecule has 10 heteroatoms. The zero-order valence-corrected chi connectivity index (χ0v) is 18.0. The summed E-state index contributed by atoms with van der Waals surface area (Å²) >= 11 is 7.21. The fourth-order valence-electron chi connectivity index (χ4n) is 2.84. The Labute approximate surface area is 181 Å². The lowest BCUT2D eigenvalue weighted by Gasteiger charge is -2.09. The molecule has 0 radical (unpaired) electrons. The van der Waals surface area contributed by atoms with Crippen LogP contribution in [0.5, 0.6) is 5.75 Å². The third-order valence-corrected chi connectivity index (χ3v) is 5.30. The number of nitrogens with one attached hydrogen (secondary N) is 1. The van der Waals surface area contributed by atoms with E-state index in [1.807, 2.05) is 26.0 Å². The highest BCUT2D eigenvalue weighted by molar-refractivity contribution is 7.10. The van der Waals surface area contributed by atoms with Crippen molar-refractivity contribution in [3.63, 3.8) is 0 Å². The van der Waals surface area contributed by atoms with Crippen LogP contribution in [0.3, 0.4) is 0 Å². The van der Waals surface area contributed by atoms with E-state index < -0.39 is 0 Å². The van der Waals surface area contributed by atoms with Gasteiger partial charge in [-0.05, 0) is 44.2 Å². The monoisotopic (exact) mass is 440 g/mol. The number of carbonyl (C=O) groups excluding carboxylic acids is 1. The number of methoxy groups -OCH3 is 1. The smallest absolute Gasteiger partial charge is 0.257 e. The second-order valence-electron chi connectivity index (χ2n) is 6.49. The van der Waals surface area contributed by atoms with Crippen LogP contribution in [0.2, 0.25) is 5.02 Å². The van der Waals surface area contributed by atoms with Crippen molar-refractivity contribution in [3.05, 3.63) is 64.3 Å². The highest BCUT2D eigenvalue weighted by Gasteiger charge is 2.19. The number of aromatic nitrogens is 5. The standard InChI is InChI=1S/C20H17ClN6O2S/c1-11-4-6-13(7-5-11)19(28)23-20-22-18(25-30-20)17-12(2)27(26-24-17)15-10-14(21)8-9-16(15)29-3/h4-10H,1-3H3,(H,22,23,25,28). The van der Waals surface area contributed by atoms with Crippen LogP contribution in [-0.4, -0.2) is 37.4 Å². The zero-order valence-electron chi connectivity index (χ0n) is 16.4. The summed E-state index contributed by atoms with van der Waals surface area (Å²) in [7, 11) is 1.57. The molecule has 0 aliphatic heterocycles. The van der Waals surface area contributed by atoms with Gasteiger partial charge in [-0.1, -0.05) is 34.5 Å². The molecular weight excluding hydrogens is 424 g/mol. The van der Waals surface area contributed by atoms with Gasteiger partial charge in [0.15, 0.2) is 11.5 Å². The average Bonchev–Trinajstić information content (AvgIpc) is 3.34. The summed E-state index contributed by atoms with van der Waals surface area (Å²) in [5, 5.41) is 12.1. The second kappa shape index (κ2) is 8.21. The molecule has 0 saturated heterocycles. The molecule has 8 nitrogen and oxygen atoms in total. The summed E-state index contributed by atoms with van der Waals surface area (Å²) in [5.41, 5.74) is 3.51. The summed E-state index contributed by atoms with van der Waals surface area (Å²) in [4.78, 5) is 16.8. The first-order valence-electron chi connectivity index (χ1n) is 8.94. The molecule has 0 aliphatic rings. The first kappa shape index (κ1) is 20.0. The predicted molar refractivity (Wildman–Crippen MR) is 116 cm³/mol. The van der Waals surface area contributed by atoms with Crippen LogP contribution in [-0.2, 0) is 0 Å². The van der Waals surface area contributed by atoms with E-state index in [9.17, 15) is 4.79 Å². The Morgan fingerprint density at radius 3 is 2.67 bits per heavy atom. The van der Waals surface area contributed by atoms with Gasteiger partial charge in [-0.2, -0.15) is 9.36 Å². The highest BCUT2D eigenvalue weighted by atomic mass is 35.5. The lowest BCUT2D eigenvalue weighted by molar-refractivity contribution is 0.102. The largest absolute Gasteiger partial charge is 0.494 e. The molecular formula is C20H17ClN6O2S. The molecule has 2 aromatic heterocycles. The van der Waals surface area contributed by atoms with Crippen molar-refractivity contribution in [2.24, 2.45) is 0 Å². The molecule has 0 saturated carbocycles. The molecule has 152 valence electrons. The van der Waals surface area contributed by atoms with E-state index in [-0.39, 0.29) is 5.91 Å². The summed E-state index contributed by atoms with van der Waals surface area (Å²) in [5.74, 6) is 0.738. The number of ether oxygens (including phenoxy) is 1. The van der Waals surface area contributed by atoms with Gasteiger partial charge in [0.1, 0.15) is 11.4 Å². The van der Waals surface area contributed by atoms with Crippen LogP contribution in [0.1, 0.15) is 21.6 Å². The van der Waals surface area contributed by atoms with E-state index in [1.54, 1.807) is 42.1 Å². The topological polar surface area (TPSA) is 94.8 Å². The van der Waals surface area contributed by atoms with Crippen LogP contribution < -0.4 is 10.1 Å². The average molecular weight is 441 g/mol. The van der Waals surface area contributed by atoms with Gasteiger partial charge in [-0.3, -0.25) is 10.1 Å². The fourth-order valence-corrected chi connectivity index (χ4v) is 3.57. The Bertz CT molecular complexity index is 1220. The van der Waals surface area contributed by atoms with Crippen LogP contribution in [0.4, 0.5) is 5.13 Å². The number of hydrogen-bond acceptors (Lipinski definition) is 7. The van der Waals surface area contributed by atoms with Crippen molar-refractivity contribution < 1.29 is 9.53 Å². The van der Waals surface area contributed by atoms with E-state index >= 15 is 0 Å². The molecule has 0 spiro atoms. The molecule has 0 atom stereocenters. The van der Waals surface area contributed by atoms with Crippen molar-refractivity contribution >= 4 is 34.2 Å². The number of nitrogens with zero attached hydrogens (tertiary/aromatic N) is 5. The lowest BCUT2D eigenvalue weighted by atomic mass is 10.1. The number of halogens is 1. The molecule has 4 rings (SSSR count). The number of anilines is 1. The van der Waals surface area contributed by atoms with Crippen molar-refractivity contribution in [2.75, 3.05) is 12.4 Å². The van der Waals surface area contributed by atoms with Gasteiger partial charge in [0.2, 0.25) is 5.13 Å². The predicted octanol–water partition coefficient (Wildman–Crippen LogP) is 4.32. The summed E-state index contributed by atoms with van der Waals surface area (Å²) < 4.78 is 11.3. The molecule has 1 N–H and O–H groups in total. The SMILES string of the molecule is COc1ccc(Cl)cc1-n1nnc(-c2nsc(NC(=O)c3ccc(C)cc3)n2)c1C. The van der Waals surface area contributed by atoms with E-state index in [2.05, 4.69) is 25.0 Å². The van der Waals surface area contributed by atoms with Gasteiger partial charge >= 0.3 is 0 Å². The van der Waals surface area contributed by atoms with Crippen LogP contribution in [0, 0.1) is 13.8 Å². The Kier molecular flexibility index (Phi) is 5.47. The Balaban J connectivity index is 1.60. The van der Waals surface area contributed by atoms with Crippen molar-refractivity contribution in [2.45, 2.75) is 13.8 Å². The summed E-state index contributed by atoms with van der Waals surface area (Å²) in [6.45, 7) is 3.81. The van der Waals surface area contributed by atoms with Crippen LogP contribution in [0.25, 0.3) is 17.2 Å². The number of rotatable bonds is 5. The minimum absolute atomic E-state index is 0.248. The second-order valence-corrected chi connectivity index (χ2v) is 7.68. The minimum Gasteiger partial charge on any atom is -0.494 e. The maximum Gasteiger partial charge on any atom is 0.257 e. The Hall–Kier alpha value is -3.30. The van der Waals surface area contributed by atoms with Crippen molar-refractivity contribution in [1.82, 2.24) is 24.4 Å². The third kappa shape index (κ3) is 3.89. The maximum absolute atomic E-state index is 12.4. The molecule has 30 heavy (non-hydrogen) atoms. The van der Waals surface area contributed by atoms with E-state index in [4.69, 9.17) is 16.3 Å². The molecule has 2 aromatic carbocycles. The van der Waals surface area contributed by atoms with Gasteiger partial charge < -0.3 is 4.74 Å². The van der Waals surface area contributed by atoms with Crippen molar-refractivity contribution in [1.29, 1.82) is 0 Å². The number of benzene rings is 2. The molecule has 0 unspecified atom stereocenters. The van der Waals surface area contributed by atoms with E-state index in [0.29, 0.717) is 44.4 Å². The van der Waals surface area contributed by atoms with Gasteiger partial charge in [-0.15, -0.1) is 5.10 Å². The number of amides is 1.